The lowest BCUT2D eigenvalue weighted by Gasteiger charge is -2.11. The van der Waals surface area contributed by atoms with E-state index in [1.54, 1.807) is 0 Å². The molecule has 1 aromatic carbocycles. The lowest BCUT2D eigenvalue weighted by atomic mass is 10.2. The van der Waals surface area contributed by atoms with E-state index in [0.29, 0.717) is 29.3 Å². The van der Waals surface area contributed by atoms with Crippen LogP contribution in [0.25, 0.3) is 0 Å². The number of aryl methyl sites for hydroxylation is 1. The van der Waals surface area contributed by atoms with Crippen molar-refractivity contribution >= 4 is 27.6 Å². The first-order valence-electron chi connectivity index (χ1n) is 6.11. The van der Waals surface area contributed by atoms with Gasteiger partial charge in [0.15, 0.2) is 5.82 Å². The second-order valence-electron chi connectivity index (χ2n) is 4.12. The fraction of sp³-hybridized carbons (Fsp3) is 0.231. The summed E-state index contributed by atoms with van der Waals surface area (Å²) in [4.78, 5) is 8.10. The largest absolute Gasteiger partial charge is 0.492 e. The molecule has 7 heteroatoms. The van der Waals surface area contributed by atoms with Crippen molar-refractivity contribution in [2.75, 3.05) is 23.9 Å². The Labute approximate surface area is 125 Å². The summed E-state index contributed by atoms with van der Waals surface area (Å²) in [5.74, 6) is 7.40. The first-order chi connectivity index (χ1) is 9.70. The summed E-state index contributed by atoms with van der Waals surface area (Å²) >= 11 is 3.38. The van der Waals surface area contributed by atoms with Crippen LogP contribution in [0.4, 0.5) is 11.6 Å². The average molecular weight is 338 g/mol. The normalized spacial score (nSPS) is 10.2. The standard InChI is InChI=1S/C13H16BrN5O/c1-9-3-2-4-10(7-9)20-6-5-16-12-11(14)13(19-15)18-8-17-12/h2-4,7-8H,5-6,15H2,1H3,(H2,16,17,18,19). The molecule has 6 nitrogen and oxygen atoms in total. The third-order valence-electron chi connectivity index (χ3n) is 2.58. The zero-order chi connectivity index (χ0) is 14.4. The van der Waals surface area contributed by atoms with E-state index in [2.05, 4.69) is 36.6 Å². The summed E-state index contributed by atoms with van der Waals surface area (Å²) in [7, 11) is 0. The maximum absolute atomic E-state index is 5.64. The van der Waals surface area contributed by atoms with E-state index in [9.17, 15) is 0 Å². The van der Waals surface area contributed by atoms with Crippen LogP contribution in [0.3, 0.4) is 0 Å². The van der Waals surface area contributed by atoms with Gasteiger partial charge in [0.2, 0.25) is 0 Å². The van der Waals surface area contributed by atoms with Crippen molar-refractivity contribution in [2.24, 2.45) is 5.84 Å². The van der Waals surface area contributed by atoms with Crippen molar-refractivity contribution < 1.29 is 4.74 Å². The molecule has 106 valence electrons. The molecular weight excluding hydrogens is 322 g/mol. The van der Waals surface area contributed by atoms with Crippen LogP contribution in [-0.4, -0.2) is 23.1 Å². The number of hydrogen-bond donors (Lipinski definition) is 3. The van der Waals surface area contributed by atoms with Gasteiger partial charge in [-0.15, -0.1) is 0 Å². The van der Waals surface area contributed by atoms with E-state index in [1.807, 2.05) is 31.2 Å². The van der Waals surface area contributed by atoms with Gasteiger partial charge in [-0.3, -0.25) is 0 Å². The molecular formula is C13H16BrN5O. The van der Waals surface area contributed by atoms with Crippen molar-refractivity contribution in [2.45, 2.75) is 6.92 Å². The second-order valence-corrected chi connectivity index (χ2v) is 4.91. The Kier molecular flexibility index (Phi) is 5.14. The maximum atomic E-state index is 5.64. The van der Waals surface area contributed by atoms with Crippen LogP contribution in [0.5, 0.6) is 5.75 Å². The van der Waals surface area contributed by atoms with Gasteiger partial charge in [0.25, 0.3) is 0 Å². The van der Waals surface area contributed by atoms with Crippen LogP contribution in [0.1, 0.15) is 5.56 Å². The molecule has 0 saturated heterocycles. The first kappa shape index (κ1) is 14.5. The number of hydrogen-bond acceptors (Lipinski definition) is 6. The van der Waals surface area contributed by atoms with Crippen LogP contribution in [0.2, 0.25) is 0 Å². The number of nitrogens with two attached hydrogens (primary N) is 1. The number of nitrogen functional groups attached to an aromatic ring is 1. The van der Waals surface area contributed by atoms with Gasteiger partial charge in [-0.25, -0.2) is 15.8 Å². The number of anilines is 2. The number of rotatable bonds is 6. The molecule has 0 atom stereocenters. The fourth-order valence-corrected chi connectivity index (χ4v) is 2.10. The van der Waals surface area contributed by atoms with Gasteiger partial charge in [0, 0.05) is 0 Å². The van der Waals surface area contributed by atoms with E-state index >= 15 is 0 Å². The predicted octanol–water partition coefficient (Wildman–Crippen LogP) is 2.32. The number of benzene rings is 1. The summed E-state index contributed by atoms with van der Waals surface area (Å²) < 4.78 is 6.34. The third kappa shape index (κ3) is 3.82. The highest BCUT2D eigenvalue weighted by Crippen LogP contribution is 2.25. The molecule has 0 aliphatic rings. The molecule has 0 unspecified atom stereocenters. The molecule has 4 N–H and O–H groups in total. The van der Waals surface area contributed by atoms with Gasteiger partial charge < -0.3 is 15.5 Å². The van der Waals surface area contributed by atoms with Gasteiger partial charge in [-0.1, -0.05) is 12.1 Å². The number of aromatic nitrogens is 2. The van der Waals surface area contributed by atoms with Gasteiger partial charge in [-0.05, 0) is 40.5 Å². The van der Waals surface area contributed by atoms with E-state index < -0.39 is 0 Å². The minimum atomic E-state index is 0.530. The Morgan fingerprint density at radius 3 is 2.85 bits per heavy atom. The van der Waals surface area contributed by atoms with E-state index in [4.69, 9.17) is 10.6 Å². The molecule has 1 heterocycles. The van der Waals surface area contributed by atoms with Gasteiger partial charge >= 0.3 is 0 Å². The summed E-state index contributed by atoms with van der Waals surface area (Å²) in [5, 5.41) is 3.15. The molecule has 0 radical (unpaired) electrons. The van der Waals surface area contributed by atoms with Crippen LogP contribution in [0.15, 0.2) is 35.1 Å². The minimum absolute atomic E-state index is 0.530. The van der Waals surface area contributed by atoms with E-state index in [-0.39, 0.29) is 0 Å². The minimum Gasteiger partial charge on any atom is -0.492 e. The van der Waals surface area contributed by atoms with Crippen LogP contribution in [-0.2, 0) is 0 Å². The SMILES string of the molecule is Cc1cccc(OCCNc2ncnc(NN)c2Br)c1. The Morgan fingerprint density at radius 1 is 1.30 bits per heavy atom. The monoisotopic (exact) mass is 337 g/mol. The quantitative estimate of drug-likeness (QED) is 0.426. The van der Waals surface area contributed by atoms with Crippen molar-refractivity contribution in [3.8, 4) is 5.75 Å². The molecule has 2 aromatic rings. The molecule has 0 aliphatic heterocycles. The van der Waals surface area contributed by atoms with Crippen molar-refractivity contribution in [1.29, 1.82) is 0 Å². The van der Waals surface area contributed by atoms with Crippen LogP contribution in [0, 0.1) is 6.92 Å². The first-order valence-corrected chi connectivity index (χ1v) is 6.90. The molecule has 0 bridgehead atoms. The summed E-state index contributed by atoms with van der Waals surface area (Å²) in [6, 6.07) is 7.93. The topological polar surface area (TPSA) is 85.1 Å². The lowest BCUT2D eigenvalue weighted by Crippen LogP contribution is -2.15. The molecule has 0 amide bonds. The Hall–Kier alpha value is -1.86. The van der Waals surface area contributed by atoms with E-state index in [1.165, 1.54) is 11.9 Å². The Morgan fingerprint density at radius 2 is 2.10 bits per heavy atom. The molecule has 0 saturated carbocycles. The number of halogens is 1. The highest BCUT2D eigenvalue weighted by atomic mass is 79.9. The molecule has 1 aromatic heterocycles. The van der Waals surface area contributed by atoms with E-state index in [0.717, 1.165) is 5.75 Å². The van der Waals surface area contributed by atoms with Crippen molar-refractivity contribution in [1.82, 2.24) is 9.97 Å². The van der Waals surface area contributed by atoms with Gasteiger partial charge in [0.1, 0.15) is 29.0 Å². The van der Waals surface area contributed by atoms with Crippen LogP contribution < -0.4 is 21.3 Å². The summed E-state index contributed by atoms with van der Waals surface area (Å²) in [5.41, 5.74) is 3.66. The molecule has 0 spiro atoms. The summed E-state index contributed by atoms with van der Waals surface area (Å²) in [6.07, 6.45) is 1.43. The number of nitrogens with one attached hydrogen (secondary N) is 2. The highest BCUT2D eigenvalue weighted by Gasteiger charge is 2.06. The third-order valence-corrected chi connectivity index (χ3v) is 3.33. The van der Waals surface area contributed by atoms with Gasteiger partial charge in [0.05, 0.1) is 6.54 Å². The lowest BCUT2D eigenvalue weighted by molar-refractivity contribution is 0.332. The number of ether oxygens (including phenoxy) is 1. The predicted molar refractivity (Wildman–Crippen MR) is 82.7 cm³/mol. The summed E-state index contributed by atoms with van der Waals surface area (Å²) in [6.45, 7) is 3.18. The molecule has 2 rings (SSSR count). The average Bonchev–Trinajstić information content (AvgIpc) is 2.45. The fourth-order valence-electron chi connectivity index (χ4n) is 1.64. The number of hydrazine groups is 1. The zero-order valence-corrected chi connectivity index (χ0v) is 12.6. The molecule has 0 fully saturated rings. The molecule has 0 aliphatic carbocycles. The Bertz CT molecular complexity index is 578. The molecule has 20 heavy (non-hydrogen) atoms. The smallest absolute Gasteiger partial charge is 0.159 e. The van der Waals surface area contributed by atoms with Gasteiger partial charge in [-0.2, -0.15) is 0 Å². The zero-order valence-electron chi connectivity index (χ0n) is 11.1. The number of nitrogens with zero attached hydrogens (tertiary/aromatic N) is 2. The van der Waals surface area contributed by atoms with Crippen LogP contribution >= 0.6 is 15.9 Å². The Balaban J connectivity index is 1.84. The highest BCUT2D eigenvalue weighted by molar-refractivity contribution is 9.10. The second kappa shape index (κ2) is 7.06. The van der Waals surface area contributed by atoms with Crippen molar-refractivity contribution in [3.63, 3.8) is 0 Å². The maximum Gasteiger partial charge on any atom is 0.159 e. The van der Waals surface area contributed by atoms with Crippen molar-refractivity contribution in [3.05, 3.63) is 40.6 Å².